The summed E-state index contributed by atoms with van der Waals surface area (Å²) in [5.74, 6) is 0. The predicted octanol–water partition coefficient (Wildman–Crippen LogP) is 6.92. The van der Waals surface area contributed by atoms with Crippen LogP contribution in [0.15, 0.2) is 70.5 Å². The molecule has 0 aliphatic carbocycles. The van der Waals surface area contributed by atoms with Crippen LogP contribution in [0.4, 0.5) is 0 Å². The molecule has 0 N–H and O–H groups in total. The Morgan fingerprint density at radius 2 is 0.854 bits per heavy atom. The van der Waals surface area contributed by atoms with Gasteiger partial charge in [0.05, 0.1) is 9.79 Å². The van der Waals surface area contributed by atoms with Crippen molar-refractivity contribution in [1.82, 2.24) is 0 Å². The van der Waals surface area contributed by atoms with Gasteiger partial charge >= 0.3 is 37.7 Å². The Morgan fingerprint density at radius 1 is 0.537 bits per heavy atom. The van der Waals surface area contributed by atoms with E-state index < -0.39 is 20.2 Å². The first kappa shape index (κ1) is 35.7. The van der Waals surface area contributed by atoms with E-state index in [1.807, 2.05) is 88.4 Å². The molecule has 0 atom stereocenters. The largest absolute Gasteiger partial charge is 2.00 e. The van der Waals surface area contributed by atoms with Crippen LogP contribution in [0.25, 0.3) is 21.5 Å². The second-order valence-corrected chi connectivity index (χ2v) is 12.7. The van der Waals surface area contributed by atoms with Crippen molar-refractivity contribution in [2.24, 2.45) is 0 Å². The normalized spacial score (nSPS) is 11.7. The molecular formula is C32H38CaO6S2. The van der Waals surface area contributed by atoms with Gasteiger partial charge in [-0.3, -0.25) is 0 Å². The summed E-state index contributed by atoms with van der Waals surface area (Å²) >= 11 is 0. The van der Waals surface area contributed by atoms with Crippen molar-refractivity contribution < 1.29 is 25.9 Å². The first-order valence-electron chi connectivity index (χ1n) is 14.0. The molecule has 9 heteroatoms. The SMILES string of the molecule is CCCc1cc2ccccc2c(CCC)c1S(=O)(=O)[O-].CCCc1cc2ccccc2c(CCC)c1S(=O)(=O)[O-].[Ca+2]. The Hall–Kier alpha value is -1.52. The molecular weight excluding hydrogens is 585 g/mol. The summed E-state index contributed by atoms with van der Waals surface area (Å²) in [7, 11) is -8.90. The smallest absolute Gasteiger partial charge is 0.744 e. The van der Waals surface area contributed by atoms with Crippen LogP contribution < -0.4 is 0 Å². The van der Waals surface area contributed by atoms with Crippen LogP contribution in [-0.2, 0) is 45.9 Å². The van der Waals surface area contributed by atoms with Crippen molar-refractivity contribution in [3.63, 3.8) is 0 Å². The summed E-state index contributed by atoms with van der Waals surface area (Å²) in [6.45, 7) is 7.94. The van der Waals surface area contributed by atoms with Gasteiger partial charge in [-0.15, -0.1) is 0 Å². The fourth-order valence-electron chi connectivity index (χ4n) is 5.46. The minimum atomic E-state index is -4.45. The molecule has 4 aromatic rings. The molecule has 0 aliphatic rings. The maximum atomic E-state index is 11.7. The average molecular weight is 623 g/mol. The van der Waals surface area contributed by atoms with Crippen LogP contribution in [0.3, 0.4) is 0 Å². The van der Waals surface area contributed by atoms with Crippen molar-refractivity contribution in [1.29, 1.82) is 0 Å². The Balaban J connectivity index is 0.000000280. The standard InChI is InChI=1S/2C16H20O3S.Ca/c2*1-3-7-13-11-12-9-5-6-10-14(12)15(8-4-2)16(13)20(17,18)19;/h2*5-6,9-11H,3-4,7-8H2,1-2H3,(H,17,18,19);/q;;+2/p-2. The zero-order valence-corrected chi connectivity index (χ0v) is 28.2. The van der Waals surface area contributed by atoms with Crippen LogP contribution in [0.2, 0.25) is 0 Å². The Bertz CT molecular complexity index is 1570. The van der Waals surface area contributed by atoms with Crippen LogP contribution in [0.1, 0.15) is 75.6 Å². The van der Waals surface area contributed by atoms with Crippen LogP contribution in [0.5, 0.6) is 0 Å². The van der Waals surface area contributed by atoms with Gasteiger partial charge in [-0.05, 0) is 81.6 Å². The van der Waals surface area contributed by atoms with E-state index in [1.54, 1.807) is 0 Å². The van der Waals surface area contributed by atoms with Crippen molar-refractivity contribution in [2.45, 2.75) is 88.9 Å². The van der Waals surface area contributed by atoms with Gasteiger partial charge in [-0.2, -0.15) is 0 Å². The number of fused-ring (bicyclic) bond motifs is 2. The van der Waals surface area contributed by atoms with Gasteiger partial charge < -0.3 is 9.11 Å². The summed E-state index contributed by atoms with van der Waals surface area (Å²) in [5.41, 5.74) is 2.68. The molecule has 0 spiro atoms. The average Bonchev–Trinajstić information content (AvgIpc) is 2.88. The van der Waals surface area contributed by atoms with Crippen LogP contribution in [-0.4, -0.2) is 63.7 Å². The third kappa shape index (κ3) is 8.75. The second kappa shape index (κ2) is 15.8. The summed E-state index contributed by atoms with van der Waals surface area (Å²) in [6.07, 6.45) is 5.67. The fraction of sp³-hybridized carbons (Fsp3) is 0.375. The molecule has 0 heterocycles. The van der Waals surface area contributed by atoms with E-state index in [0.717, 1.165) is 47.2 Å². The Labute approximate surface area is 275 Å². The molecule has 4 rings (SSSR count). The van der Waals surface area contributed by atoms with Crippen LogP contribution >= 0.6 is 0 Å². The number of aryl methyl sites for hydroxylation is 4. The van der Waals surface area contributed by atoms with Gasteiger partial charge in [0.15, 0.2) is 0 Å². The monoisotopic (exact) mass is 622 g/mol. The van der Waals surface area contributed by atoms with Crippen molar-refractivity contribution in [2.75, 3.05) is 0 Å². The van der Waals surface area contributed by atoms with E-state index in [-0.39, 0.29) is 47.5 Å². The molecule has 216 valence electrons. The number of rotatable bonds is 10. The summed E-state index contributed by atoms with van der Waals surface area (Å²) in [4.78, 5) is 0.0276. The summed E-state index contributed by atoms with van der Waals surface area (Å²) in [6, 6.07) is 19.0. The minimum absolute atomic E-state index is 0. The molecule has 41 heavy (non-hydrogen) atoms. The zero-order valence-electron chi connectivity index (χ0n) is 24.4. The zero-order chi connectivity index (χ0) is 29.5. The predicted molar refractivity (Wildman–Crippen MR) is 166 cm³/mol. The molecule has 0 aromatic heterocycles. The summed E-state index contributed by atoms with van der Waals surface area (Å²) < 4.78 is 70.3. The molecule has 6 nitrogen and oxygen atoms in total. The second-order valence-electron chi connectivity index (χ2n) is 10.0. The first-order chi connectivity index (χ1) is 19.0. The van der Waals surface area contributed by atoms with Crippen molar-refractivity contribution in [3.8, 4) is 0 Å². The quantitative estimate of drug-likeness (QED) is 0.140. The molecule has 0 fully saturated rings. The van der Waals surface area contributed by atoms with Crippen molar-refractivity contribution >= 4 is 79.5 Å². The Morgan fingerprint density at radius 3 is 1.15 bits per heavy atom. The van der Waals surface area contributed by atoms with E-state index in [1.165, 1.54) is 0 Å². The van der Waals surface area contributed by atoms with E-state index in [0.29, 0.717) is 47.9 Å². The van der Waals surface area contributed by atoms with Gasteiger partial charge in [0, 0.05) is 0 Å². The molecule has 4 aromatic carbocycles. The third-order valence-corrected chi connectivity index (χ3v) is 8.92. The van der Waals surface area contributed by atoms with Gasteiger partial charge in [0.25, 0.3) is 0 Å². The first-order valence-corrected chi connectivity index (χ1v) is 16.8. The van der Waals surface area contributed by atoms with E-state index in [9.17, 15) is 25.9 Å². The molecule has 0 saturated carbocycles. The van der Waals surface area contributed by atoms with Gasteiger partial charge in [-0.1, -0.05) is 102 Å². The topological polar surface area (TPSA) is 114 Å². The van der Waals surface area contributed by atoms with Gasteiger partial charge in [-0.25, -0.2) is 16.8 Å². The minimum Gasteiger partial charge on any atom is -0.744 e. The molecule has 0 saturated heterocycles. The molecule has 0 unspecified atom stereocenters. The number of hydrogen-bond donors (Lipinski definition) is 0. The fourth-order valence-corrected chi connectivity index (χ4v) is 7.46. The Kier molecular flexibility index (Phi) is 13.8. The molecule has 0 aliphatic heterocycles. The van der Waals surface area contributed by atoms with Crippen molar-refractivity contribution in [3.05, 3.63) is 82.9 Å². The third-order valence-electron chi connectivity index (χ3n) is 6.90. The van der Waals surface area contributed by atoms with Crippen LogP contribution in [0, 0.1) is 0 Å². The maximum absolute atomic E-state index is 11.7. The van der Waals surface area contributed by atoms with E-state index in [2.05, 4.69) is 0 Å². The van der Waals surface area contributed by atoms with Gasteiger partial charge in [0.2, 0.25) is 0 Å². The number of hydrogen-bond acceptors (Lipinski definition) is 6. The number of benzene rings is 4. The molecule has 0 radical (unpaired) electrons. The maximum Gasteiger partial charge on any atom is 2.00 e. The van der Waals surface area contributed by atoms with E-state index in [4.69, 9.17) is 0 Å². The van der Waals surface area contributed by atoms with E-state index >= 15 is 0 Å². The summed E-state index contributed by atoms with van der Waals surface area (Å²) in [5, 5.41) is 3.77. The van der Waals surface area contributed by atoms with Gasteiger partial charge in [0.1, 0.15) is 20.2 Å². The molecule has 0 amide bonds. The molecule has 0 bridgehead atoms.